The van der Waals surface area contributed by atoms with E-state index in [9.17, 15) is 0 Å². The average molecular weight is 314 g/mol. The molecule has 0 fully saturated rings. The third-order valence-corrected chi connectivity index (χ3v) is 3.71. The summed E-state index contributed by atoms with van der Waals surface area (Å²) in [5.74, 6) is 0.933. The fourth-order valence-electron chi connectivity index (χ4n) is 1.61. The Balaban J connectivity index is 0.000000956. The third-order valence-electron chi connectivity index (χ3n) is 2.48. The van der Waals surface area contributed by atoms with Gasteiger partial charge in [0.25, 0.3) is 0 Å². The molecule has 4 nitrogen and oxygen atoms in total. The van der Waals surface area contributed by atoms with Crippen molar-refractivity contribution in [3.63, 3.8) is 0 Å². The Kier molecular flexibility index (Phi) is 7.09. The van der Waals surface area contributed by atoms with Gasteiger partial charge in [0, 0.05) is 9.92 Å². The Bertz CT molecular complexity index is 543. The maximum Gasteiger partial charge on any atom is 0.133 e. The molecule has 0 saturated carbocycles. The minimum Gasteiger partial charge on any atom is -0.388 e. The van der Waals surface area contributed by atoms with E-state index in [0.29, 0.717) is 16.8 Å². The molecule has 0 radical (unpaired) electrons. The smallest absolute Gasteiger partial charge is 0.133 e. The quantitative estimate of drug-likeness (QED) is 0.808. The van der Waals surface area contributed by atoms with E-state index in [0.717, 1.165) is 15.6 Å². The first-order chi connectivity index (χ1) is 9.60. The molecule has 0 atom stereocenters. The van der Waals surface area contributed by atoms with E-state index in [4.69, 9.17) is 16.7 Å². The number of aliphatic hydroxyl groups excluding tert-OH is 1. The van der Waals surface area contributed by atoms with Crippen molar-refractivity contribution in [2.75, 3.05) is 7.05 Å². The monoisotopic (exact) mass is 313 g/mol. The van der Waals surface area contributed by atoms with Crippen LogP contribution < -0.4 is 5.73 Å². The molecule has 0 spiro atoms. The summed E-state index contributed by atoms with van der Waals surface area (Å²) < 4.78 is 0. The minimum atomic E-state index is -0.0736. The van der Waals surface area contributed by atoms with Gasteiger partial charge in [0.1, 0.15) is 17.5 Å². The number of H-pyrrole nitrogens is 1. The number of hydrogen-bond donors (Lipinski definition) is 3. The third kappa shape index (κ3) is 4.52. The molecule has 0 aliphatic rings. The van der Waals surface area contributed by atoms with Crippen molar-refractivity contribution in [2.24, 2.45) is 5.73 Å². The molecule has 1 heterocycles. The topological polar surface area (TPSA) is 74.9 Å². The second kappa shape index (κ2) is 8.32. The fourth-order valence-corrected chi connectivity index (χ4v) is 2.97. The van der Waals surface area contributed by atoms with E-state index in [1.165, 1.54) is 7.05 Å². The summed E-state index contributed by atoms with van der Waals surface area (Å²) in [6, 6.07) is 7.66. The number of aromatic amines is 1. The number of aromatic nitrogens is 2. The molecule has 20 heavy (non-hydrogen) atoms. The van der Waals surface area contributed by atoms with Gasteiger partial charge >= 0.3 is 0 Å². The number of benzene rings is 1. The number of aliphatic hydroxyl groups is 1. The standard InChI is InChI=1S/C13H15ClN2OS.CH5N/c1-8(2)12-13(16-11(7-17)15-12)18-10-5-3-4-9(14)6-10;1-2/h3-6,8,17H,7H2,1-2H3,(H,15,16);2H2,1H3. The Morgan fingerprint density at radius 2 is 2.10 bits per heavy atom. The number of hydrogen-bond acceptors (Lipinski definition) is 4. The fraction of sp³-hybridized carbons (Fsp3) is 0.357. The number of rotatable bonds is 4. The highest BCUT2D eigenvalue weighted by Gasteiger charge is 2.14. The summed E-state index contributed by atoms with van der Waals surface area (Å²) in [5, 5.41) is 10.8. The van der Waals surface area contributed by atoms with Gasteiger partial charge in [0.05, 0.1) is 5.69 Å². The van der Waals surface area contributed by atoms with Crippen LogP contribution in [0, 0.1) is 0 Å². The molecule has 0 amide bonds. The van der Waals surface area contributed by atoms with Crippen LogP contribution in [0.2, 0.25) is 5.02 Å². The molecule has 4 N–H and O–H groups in total. The van der Waals surface area contributed by atoms with Gasteiger partial charge in [-0.2, -0.15) is 0 Å². The molecule has 0 aliphatic carbocycles. The lowest BCUT2D eigenvalue weighted by atomic mass is 10.2. The van der Waals surface area contributed by atoms with Crippen LogP contribution in [0.1, 0.15) is 31.3 Å². The molecule has 2 rings (SSSR count). The van der Waals surface area contributed by atoms with Crippen molar-refractivity contribution in [2.45, 2.75) is 36.3 Å². The molecule has 0 unspecified atom stereocenters. The van der Waals surface area contributed by atoms with E-state index < -0.39 is 0 Å². The van der Waals surface area contributed by atoms with Gasteiger partial charge < -0.3 is 15.8 Å². The van der Waals surface area contributed by atoms with Crippen LogP contribution in [0.5, 0.6) is 0 Å². The summed E-state index contributed by atoms with van der Waals surface area (Å²) >= 11 is 7.52. The highest BCUT2D eigenvalue weighted by Crippen LogP contribution is 2.33. The number of halogens is 1. The van der Waals surface area contributed by atoms with Crippen molar-refractivity contribution >= 4 is 23.4 Å². The van der Waals surface area contributed by atoms with Crippen LogP contribution in [-0.2, 0) is 6.61 Å². The van der Waals surface area contributed by atoms with Gasteiger partial charge in [-0.25, -0.2) is 4.98 Å². The highest BCUT2D eigenvalue weighted by atomic mass is 35.5. The van der Waals surface area contributed by atoms with Crippen molar-refractivity contribution in [3.05, 3.63) is 40.8 Å². The van der Waals surface area contributed by atoms with Gasteiger partial charge in [0.2, 0.25) is 0 Å². The maximum atomic E-state index is 9.14. The van der Waals surface area contributed by atoms with Crippen molar-refractivity contribution in [1.29, 1.82) is 0 Å². The zero-order valence-corrected chi connectivity index (χ0v) is 13.4. The molecular weight excluding hydrogens is 294 g/mol. The zero-order valence-electron chi connectivity index (χ0n) is 11.9. The van der Waals surface area contributed by atoms with Crippen LogP contribution in [0.15, 0.2) is 34.2 Å². The second-order valence-corrected chi connectivity index (χ2v) is 5.77. The minimum absolute atomic E-state index is 0.0736. The Hall–Kier alpha value is -1.01. The number of nitrogens with two attached hydrogens (primary N) is 1. The molecule has 1 aromatic carbocycles. The largest absolute Gasteiger partial charge is 0.388 e. The van der Waals surface area contributed by atoms with Crippen LogP contribution in [0.3, 0.4) is 0 Å². The maximum absolute atomic E-state index is 9.14. The summed E-state index contributed by atoms with van der Waals surface area (Å²) in [5.41, 5.74) is 5.55. The van der Waals surface area contributed by atoms with Crippen molar-refractivity contribution in [1.82, 2.24) is 9.97 Å². The van der Waals surface area contributed by atoms with Gasteiger partial charge in [-0.3, -0.25) is 0 Å². The highest BCUT2D eigenvalue weighted by molar-refractivity contribution is 7.99. The summed E-state index contributed by atoms with van der Waals surface area (Å²) in [7, 11) is 1.50. The van der Waals surface area contributed by atoms with Crippen LogP contribution >= 0.6 is 23.4 Å². The zero-order chi connectivity index (χ0) is 15.1. The summed E-state index contributed by atoms with van der Waals surface area (Å²) in [6.07, 6.45) is 0. The first kappa shape index (κ1) is 17.0. The van der Waals surface area contributed by atoms with Gasteiger partial charge in [-0.05, 0) is 31.2 Å². The Morgan fingerprint density at radius 1 is 1.40 bits per heavy atom. The van der Waals surface area contributed by atoms with Crippen LogP contribution in [0.25, 0.3) is 0 Å². The molecule has 2 aromatic rings. The molecule has 0 saturated heterocycles. The van der Waals surface area contributed by atoms with E-state index in [2.05, 4.69) is 29.5 Å². The molecule has 1 aromatic heterocycles. The van der Waals surface area contributed by atoms with Crippen molar-refractivity contribution in [3.8, 4) is 0 Å². The average Bonchev–Trinajstić information content (AvgIpc) is 2.84. The Morgan fingerprint density at radius 3 is 2.65 bits per heavy atom. The van der Waals surface area contributed by atoms with Gasteiger partial charge in [0.15, 0.2) is 0 Å². The SMILES string of the molecule is CC(C)c1[nH]c(CO)nc1Sc1cccc(Cl)c1.CN. The normalized spacial score (nSPS) is 10.3. The first-order valence-electron chi connectivity index (χ1n) is 6.31. The lowest BCUT2D eigenvalue weighted by Crippen LogP contribution is -1.90. The van der Waals surface area contributed by atoms with Gasteiger partial charge in [-0.1, -0.05) is 43.3 Å². The number of nitrogens with zero attached hydrogens (tertiary/aromatic N) is 1. The Labute approximate surface area is 128 Å². The van der Waals surface area contributed by atoms with Crippen LogP contribution in [-0.4, -0.2) is 22.1 Å². The van der Waals surface area contributed by atoms with E-state index in [1.54, 1.807) is 11.8 Å². The summed E-state index contributed by atoms with van der Waals surface area (Å²) in [4.78, 5) is 8.58. The lowest BCUT2D eigenvalue weighted by Gasteiger charge is -2.05. The van der Waals surface area contributed by atoms with Gasteiger partial charge in [-0.15, -0.1) is 0 Å². The molecule has 0 aliphatic heterocycles. The van der Waals surface area contributed by atoms with Crippen molar-refractivity contribution < 1.29 is 5.11 Å². The molecule has 0 bridgehead atoms. The predicted octanol–water partition coefficient (Wildman–Crippen LogP) is 3.40. The lowest BCUT2D eigenvalue weighted by molar-refractivity contribution is 0.272. The predicted molar refractivity (Wildman–Crippen MR) is 84.3 cm³/mol. The van der Waals surface area contributed by atoms with E-state index in [-0.39, 0.29) is 6.61 Å². The van der Waals surface area contributed by atoms with E-state index >= 15 is 0 Å². The molecule has 110 valence electrons. The number of imidazole rings is 1. The number of nitrogens with one attached hydrogen (secondary N) is 1. The first-order valence-corrected chi connectivity index (χ1v) is 7.50. The molecular formula is C14H20ClN3OS. The summed E-state index contributed by atoms with van der Waals surface area (Å²) in [6.45, 7) is 4.11. The second-order valence-electron chi connectivity index (χ2n) is 4.27. The van der Waals surface area contributed by atoms with Crippen LogP contribution in [0.4, 0.5) is 0 Å². The van der Waals surface area contributed by atoms with E-state index in [1.807, 2.05) is 24.3 Å². The molecule has 6 heteroatoms.